The molecule has 0 spiro atoms. The molecule has 0 fully saturated rings. The van der Waals surface area contributed by atoms with Crippen LogP contribution < -0.4 is 4.74 Å². The van der Waals surface area contributed by atoms with Gasteiger partial charge in [-0.15, -0.1) is 0 Å². The molecule has 0 saturated carbocycles. The van der Waals surface area contributed by atoms with Gasteiger partial charge in [0.15, 0.2) is 0 Å². The molecule has 2 aromatic carbocycles. The summed E-state index contributed by atoms with van der Waals surface area (Å²) in [4.78, 5) is 0. The van der Waals surface area contributed by atoms with E-state index >= 15 is 0 Å². The van der Waals surface area contributed by atoms with Gasteiger partial charge in [-0.1, -0.05) is 63.2 Å². The van der Waals surface area contributed by atoms with Crippen LogP contribution in [0.4, 0.5) is 0 Å². The van der Waals surface area contributed by atoms with E-state index in [1.54, 1.807) is 0 Å². The molecule has 0 saturated heterocycles. The molecule has 1 unspecified atom stereocenters. The molecule has 0 N–H and O–H groups in total. The molecule has 1 nitrogen and oxygen atoms in total. The summed E-state index contributed by atoms with van der Waals surface area (Å²) in [5, 5.41) is 0. The lowest BCUT2D eigenvalue weighted by Crippen LogP contribution is -2.05. The van der Waals surface area contributed by atoms with E-state index in [-0.39, 0.29) is 0 Å². The molecule has 2 aromatic rings. The second-order valence-corrected chi connectivity index (χ2v) is 7.71. The Balaban J connectivity index is 1.58. The van der Waals surface area contributed by atoms with Crippen LogP contribution in [0.15, 0.2) is 54.6 Å². The number of rotatable bonds is 7. The van der Waals surface area contributed by atoms with Crippen molar-refractivity contribution in [3.05, 3.63) is 71.3 Å². The van der Waals surface area contributed by atoms with Crippen molar-refractivity contribution in [1.82, 2.24) is 0 Å². The van der Waals surface area contributed by atoms with E-state index in [0.29, 0.717) is 0 Å². The number of ether oxygens (including phenoxy) is 1. The fourth-order valence-electron chi connectivity index (χ4n) is 3.67. The van der Waals surface area contributed by atoms with E-state index in [9.17, 15) is 0 Å². The Hall–Kier alpha value is -2.46. The molecule has 146 valence electrons. The third-order valence-corrected chi connectivity index (χ3v) is 5.42. The van der Waals surface area contributed by atoms with Crippen LogP contribution in [0.25, 0.3) is 5.57 Å². The van der Waals surface area contributed by atoms with Gasteiger partial charge >= 0.3 is 0 Å². The van der Waals surface area contributed by atoms with Gasteiger partial charge in [-0.2, -0.15) is 0 Å². The summed E-state index contributed by atoms with van der Waals surface area (Å²) in [6.07, 6.45) is 11.4. The maximum atomic E-state index is 5.62. The van der Waals surface area contributed by atoms with Crippen molar-refractivity contribution < 1.29 is 4.74 Å². The largest absolute Gasteiger partial charge is 0.494 e. The lowest BCUT2D eigenvalue weighted by Gasteiger charge is -2.22. The zero-order valence-electron chi connectivity index (χ0n) is 17.3. The van der Waals surface area contributed by atoms with Gasteiger partial charge in [0.2, 0.25) is 0 Å². The van der Waals surface area contributed by atoms with Gasteiger partial charge in [0, 0.05) is 11.1 Å². The third kappa shape index (κ3) is 6.03. The first-order valence-electron chi connectivity index (χ1n) is 10.8. The molecule has 1 heteroatoms. The maximum Gasteiger partial charge on any atom is 0.119 e. The van der Waals surface area contributed by atoms with E-state index in [1.807, 2.05) is 24.3 Å². The average molecular weight is 373 g/mol. The third-order valence-electron chi connectivity index (χ3n) is 5.42. The Kier molecular flexibility index (Phi) is 7.80. The van der Waals surface area contributed by atoms with E-state index < -0.39 is 0 Å². The molecule has 0 bridgehead atoms. The van der Waals surface area contributed by atoms with Crippen molar-refractivity contribution in [1.29, 1.82) is 0 Å². The number of unbranched alkanes of at least 4 members (excludes halogenated alkanes) is 1. The van der Waals surface area contributed by atoms with E-state index in [4.69, 9.17) is 4.74 Å². The van der Waals surface area contributed by atoms with Crippen molar-refractivity contribution in [2.24, 2.45) is 5.92 Å². The molecule has 0 aliphatic heterocycles. The number of benzene rings is 2. The van der Waals surface area contributed by atoms with Crippen molar-refractivity contribution in [2.75, 3.05) is 6.61 Å². The zero-order chi connectivity index (χ0) is 19.6. The van der Waals surface area contributed by atoms with Gasteiger partial charge in [0.25, 0.3) is 0 Å². The minimum absolute atomic E-state index is 0.757. The molecule has 1 atom stereocenters. The molecular formula is C27H32O. The lowest BCUT2D eigenvalue weighted by atomic mass is 9.84. The van der Waals surface area contributed by atoms with Gasteiger partial charge in [-0.25, -0.2) is 0 Å². The summed E-state index contributed by atoms with van der Waals surface area (Å²) in [6, 6.07) is 16.8. The van der Waals surface area contributed by atoms with E-state index in [1.165, 1.54) is 49.7 Å². The Bertz CT molecular complexity index is 815. The number of allylic oxidation sites excluding steroid dienone is 2. The SMILES string of the molecule is CCCCC1CC=C(c2ccc(C#Cc3ccc(OCCC)cc3)cc2)CC1. The highest BCUT2D eigenvalue weighted by Crippen LogP contribution is 2.32. The normalized spacial score (nSPS) is 16.1. The fraction of sp³-hybridized carbons (Fsp3) is 0.407. The molecule has 1 aliphatic carbocycles. The topological polar surface area (TPSA) is 9.23 Å². The fourth-order valence-corrected chi connectivity index (χ4v) is 3.67. The summed E-state index contributed by atoms with van der Waals surface area (Å²) < 4.78 is 5.62. The molecule has 1 aliphatic rings. The van der Waals surface area contributed by atoms with Gasteiger partial charge in [0.05, 0.1) is 6.61 Å². The molecule has 0 amide bonds. The Morgan fingerprint density at radius 1 is 0.893 bits per heavy atom. The predicted octanol–water partition coefficient (Wildman–Crippen LogP) is 7.25. The van der Waals surface area contributed by atoms with Crippen molar-refractivity contribution in [3.8, 4) is 17.6 Å². The van der Waals surface area contributed by atoms with E-state index in [2.05, 4.69) is 56.0 Å². The smallest absolute Gasteiger partial charge is 0.119 e. The molecule has 3 rings (SSSR count). The summed E-state index contributed by atoms with van der Waals surface area (Å²) in [7, 11) is 0. The Morgan fingerprint density at radius 3 is 2.14 bits per heavy atom. The van der Waals surface area contributed by atoms with Crippen LogP contribution in [-0.2, 0) is 0 Å². The first-order chi connectivity index (χ1) is 13.8. The molecule has 0 heterocycles. The van der Waals surface area contributed by atoms with Crippen molar-refractivity contribution in [2.45, 2.75) is 58.8 Å². The predicted molar refractivity (Wildman–Crippen MR) is 119 cm³/mol. The van der Waals surface area contributed by atoms with Crippen LogP contribution in [0.3, 0.4) is 0 Å². The van der Waals surface area contributed by atoms with Gasteiger partial charge in [-0.3, -0.25) is 0 Å². The van der Waals surface area contributed by atoms with Crippen molar-refractivity contribution >= 4 is 5.57 Å². The van der Waals surface area contributed by atoms with Gasteiger partial charge < -0.3 is 4.74 Å². The minimum Gasteiger partial charge on any atom is -0.494 e. The number of hydrogen-bond acceptors (Lipinski definition) is 1. The van der Waals surface area contributed by atoms with Crippen molar-refractivity contribution in [3.63, 3.8) is 0 Å². The van der Waals surface area contributed by atoms with Gasteiger partial charge in [-0.05, 0) is 79.1 Å². The zero-order valence-corrected chi connectivity index (χ0v) is 17.3. The second-order valence-electron chi connectivity index (χ2n) is 7.71. The molecule has 28 heavy (non-hydrogen) atoms. The standard InChI is InChI=1S/C27H32O/c1-3-5-6-22-9-15-25(16-10-22)26-17-11-23(12-18-26)7-8-24-13-19-27(20-14-24)28-21-4-2/h11-15,17-20,22H,3-6,9-10,16,21H2,1-2H3. The summed E-state index contributed by atoms with van der Waals surface area (Å²) >= 11 is 0. The highest BCUT2D eigenvalue weighted by Gasteiger charge is 2.14. The highest BCUT2D eigenvalue weighted by atomic mass is 16.5. The highest BCUT2D eigenvalue weighted by molar-refractivity contribution is 5.67. The second kappa shape index (κ2) is 10.8. The first kappa shape index (κ1) is 20.3. The monoisotopic (exact) mass is 372 g/mol. The summed E-state index contributed by atoms with van der Waals surface area (Å²) in [5.74, 6) is 8.33. The maximum absolute atomic E-state index is 5.62. The molecule has 0 aromatic heterocycles. The Labute approximate surface area is 170 Å². The first-order valence-corrected chi connectivity index (χ1v) is 10.8. The van der Waals surface area contributed by atoms with Crippen LogP contribution in [0.1, 0.15) is 75.5 Å². The molecular weight excluding hydrogens is 340 g/mol. The Morgan fingerprint density at radius 2 is 1.57 bits per heavy atom. The lowest BCUT2D eigenvalue weighted by molar-refractivity contribution is 0.317. The van der Waals surface area contributed by atoms with Crippen LogP contribution in [-0.4, -0.2) is 6.61 Å². The van der Waals surface area contributed by atoms with E-state index in [0.717, 1.165) is 35.8 Å². The van der Waals surface area contributed by atoms with Crippen LogP contribution in [0.5, 0.6) is 5.75 Å². The van der Waals surface area contributed by atoms with Crippen LogP contribution in [0.2, 0.25) is 0 Å². The van der Waals surface area contributed by atoms with Gasteiger partial charge in [0.1, 0.15) is 5.75 Å². The molecule has 0 radical (unpaired) electrons. The summed E-state index contributed by atoms with van der Waals surface area (Å²) in [6.45, 7) is 5.15. The number of hydrogen-bond donors (Lipinski definition) is 0. The van der Waals surface area contributed by atoms with Crippen LogP contribution in [0, 0.1) is 17.8 Å². The summed E-state index contributed by atoms with van der Waals surface area (Å²) in [5.41, 5.74) is 4.94. The average Bonchev–Trinajstić information content (AvgIpc) is 2.76. The minimum atomic E-state index is 0.757. The quantitative estimate of drug-likeness (QED) is 0.465. The van der Waals surface area contributed by atoms with Crippen LogP contribution >= 0.6 is 0 Å².